The molecule has 2 aromatic carbocycles. The summed E-state index contributed by atoms with van der Waals surface area (Å²) in [4.78, 5) is 48.7. The van der Waals surface area contributed by atoms with E-state index in [1.165, 1.54) is 26.0 Å². The van der Waals surface area contributed by atoms with Crippen LogP contribution in [0.15, 0.2) is 42.5 Å². The number of esters is 2. The van der Waals surface area contributed by atoms with Crippen LogP contribution in [0.3, 0.4) is 0 Å². The Kier molecular flexibility index (Phi) is 5.84. The molecule has 0 spiro atoms. The van der Waals surface area contributed by atoms with Gasteiger partial charge in [-0.2, -0.15) is 0 Å². The number of ether oxygens (including phenoxy) is 2. The number of hydrogen-bond donors (Lipinski definition) is 0. The van der Waals surface area contributed by atoms with Crippen molar-refractivity contribution in [3.63, 3.8) is 0 Å². The van der Waals surface area contributed by atoms with Crippen LogP contribution in [-0.2, 0) is 28.7 Å². The van der Waals surface area contributed by atoms with Crippen LogP contribution >= 0.6 is 0 Å². The van der Waals surface area contributed by atoms with Gasteiger partial charge in [0, 0.05) is 0 Å². The number of nitrogens with zero attached hydrogens (tertiary/aromatic N) is 1. The number of imide groups is 1. The van der Waals surface area contributed by atoms with E-state index in [4.69, 9.17) is 0 Å². The topological polar surface area (TPSA) is 90.0 Å². The summed E-state index contributed by atoms with van der Waals surface area (Å²) in [5.41, 5.74) is 0.0785. The van der Waals surface area contributed by atoms with Gasteiger partial charge >= 0.3 is 23.8 Å². The number of anilines is 1. The lowest BCUT2D eigenvalue weighted by molar-refractivity contribution is -0.157. The Morgan fingerprint density at radius 1 is 0.800 bits per heavy atom. The summed E-state index contributed by atoms with van der Waals surface area (Å²) < 4.78 is 9.30. The highest BCUT2D eigenvalue weighted by molar-refractivity contribution is 6.52. The number of fused-ring (bicyclic) bond motifs is 1. The maximum atomic E-state index is 12.3. The summed E-state index contributed by atoms with van der Waals surface area (Å²) in [6.45, 7) is 2.98. The maximum Gasteiger partial charge on any atom is 0.397 e. The largest absolute Gasteiger partial charge is 0.459 e. The third kappa shape index (κ3) is 4.00. The third-order valence-corrected chi connectivity index (χ3v) is 3.30. The van der Waals surface area contributed by atoms with E-state index in [0.29, 0.717) is 4.90 Å². The summed E-state index contributed by atoms with van der Waals surface area (Å²) in [6.07, 6.45) is 0. The Balaban J connectivity index is 2.48. The second-order valence-electron chi connectivity index (χ2n) is 4.92. The van der Waals surface area contributed by atoms with Gasteiger partial charge in [0.15, 0.2) is 0 Å². The van der Waals surface area contributed by atoms with E-state index in [1.807, 2.05) is 12.1 Å². The number of carbonyl (C=O) groups is 4. The van der Waals surface area contributed by atoms with Gasteiger partial charge in [0.1, 0.15) is 0 Å². The highest BCUT2D eigenvalue weighted by Crippen LogP contribution is 2.23. The van der Waals surface area contributed by atoms with Gasteiger partial charge in [0.05, 0.1) is 18.9 Å². The van der Waals surface area contributed by atoms with Crippen LogP contribution in [0.5, 0.6) is 0 Å². The first kappa shape index (κ1) is 18.1. The first-order chi connectivity index (χ1) is 12.0. The molecule has 0 saturated heterocycles. The molecule has 130 valence electrons. The van der Waals surface area contributed by atoms with E-state index in [9.17, 15) is 19.2 Å². The van der Waals surface area contributed by atoms with Crippen molar-refractivity contribution in [1.82, 2.24) is 0 Å². The SMILES string of the molecule is CCOC(=O)C(=O)N(C(=O)C(=O)OCC)c1ccc2ccccc2c1. The lowest BCUT2D eigenvalue weighted by Gasteiger charge is -2.19. The van der Waals surface area contributed by atoms with Crippen LogP contribution in [0.25, 0.3) is 10.8 Å². The predicted molar refractivity (Wildman–Crippen MR) is 89.7 cm³/mol. The fourth-order valence-electron chi connectivity index (χ4n) is 2.21. The van der Waals surface area contributed by atoms with Gasteiger partial charge in [0.2, 0.25) is 0 Å². The summed E-state index contributed by atoms with van der Waals surface area (Å²) in [5, 5.41) is 1.61. The van der Waals surface area contributed by atoms with Gasteiger partial charge in [0.25, 0.3) is 0 Å². The summed E-state index contributed by atoms with van der Waals surface area (Å²) >= 11 is 0. The van der Waals surface area contributed by atoms with Gasteiger partial charge < -0.3 is 9.47 Å². The van der Waals surface area contributed by atoms with Crippen molar-refractivity contribution in [3.05, 3.63) is 42.5 Å². The molecular weight excluding hydrogens is 326 g/mol. The maximum absolute atomic E-state index is 12.3. The lowest BCUT2D eigenvalue weighted by Crippen LogP contribution is -2.46. The normalized spacial score (nSPS) is 10.2. The number of amides is 2. The number of carbonyl (C=O) groups excluding carboxylic acids is 4. The second-order valence-corrected chi connectivity index (χ2v) is 4.92. The Morgan fingerprint density at radius 3 is 1.84 bits per heavy atom. The molecule has 2 amide bonds. The van der Waals surface area contributed by atoms with Crippen LogP contribution in [0, 0.1) is 0 Å². The molecule has 0 fully saturated rings. The Labute approximate surface area is 144 Å². The van der Waals surface area contributed by atoms with E-state index in [2.05, 4.69) is 9.47 Å². The van der Waals surface area contributed by atoms with Crippen LogP contribution in [0.1, 0.15) is 13.8 Å². The molecule has 0 saturated carbocycles. The lowest BCUT2D eigenvalue weighted by atomic mass is 10.1. The standard InChI is InChI=1S/C18H17NO6/c1-3-24-17(22)15(20)19(16(21)18(23)25-4-2)14-10-9-12-7-5-6-8-13(12)11-14/h5-11H,3-4H2,1-2H3. The molecule has 2 rings (SSSR count). The summed E-state index contributed by atoms with van der Waals surface area (Å²) in [5.74, 6) is -4.97. The fraction of sp³-hybridized carbons (Fsp3) is 0.222. The van der Waals surface area contributed by atoms with E-state index >= 15 is 0 Å². The minimum Gasteiger partial charge on any atom is -0.459 e. The van der Waals surface area contributed by atoms with Crippen molar-refractivity contribution in [3.8, 4) is 0 Å². The van der Waals surface area contributed by atoms with Crippen molar-refractivity contribution in [2.75, 3.05) is 18.1 Å². The highest BCUT2D eigenvalue weighted by Gasteiger charge is 2.35. The van der Waals surface area contributed by atoms with Gasteiger partial charge in [-0.3, -0.25) is 9.59 Å². The smallest absolute Gasteiger partial charge is 0.397 e. The third-order valence-electron chi connectivity index (χ3n) is 3.30. The molecule has 0 aliphatic rings. The van der Waals surface area contributed by atoms with E-state index < -0.39 is 23.8 Å². The number of rotatable bonds is 3. The molecule has 0 N–H and O–H groups in total. The zero-order chi connectivity index (χ0) is 18.4. The van der Waals surface area contributed by atoms with E-state index in [1.54, 1.807) is 18.2 Å². The van der Waals surface area contributed by atoms with Crippen molar-refractivity contribution < 1.29 is 28.7 Å². The summed E-state index contributed by atoms with van der Waals surface area (Å²) in [7, 11) is 0. The Hall–Kier alpha value is -3.22. The molecule has 0 unspecified atom stereocenters. The van der Waals surface area contributed by atoms with Crippen LogP contribution in [0.4, 0.5) is 5.69 Å². The molecule has 0 atom stereocenters. The van der Waals surface area contributed by atoms with Crippen molar-refractivity contribution in [2.45, 2.75) is 13.8 Å². The fourth-order valence-corrected chi connectivity index (χ4v) is 2.21. The minimum absolute atomic E-state index is 0.0380. The van der Waals surface area contributed by atoms with Crippen LogP contribution in [-0.4, -0.2) is 37.0 Å². The molecule has 25 heavy (non-hydrogen) atoms. The van der Waals surface area contributed by atoms with Crippen LogP contribution < -0.4 is 4.90 Å². The number of benzene rings is 2. The zero-order valence-corrected chi connectivity index (χ0v) is 13.9. The van der Waals surface area contributed by atoms with Crippen LogP contribution in [0.2, 0.25) is 0 Å². The molecule has 0 aromatic heterocycles. The van der Waals surface area contributed by atoms with Crippen molar-refractivity contribution in [2.24, 2.45) is 0 Å². The van der Waals surface area contributed by atoms with Gasteiger partial charge in [-0.15, -0.1) is 0 Å². The molecule has 0 radical (unpaired) electrons. The Bertz CT molecular complexity index is 799. The highest BCUT2D eigenvalue weighted by atomic mass is 16.5. The molecule has 7 heteroatoms. The molecule has 7 nitrogen and oxygen atoms in total. The monoisotopic (exact) mass is 343 g/mol. The molecule has 2 aromatic rings. The molecular formula is C18H17NO6. The van der Waals surface area contributed by atoms with Crippen molar-refractivity contribution >= 4 is 40.2 Å². The molecule has 0 bridgehead atoms. The molecule has 0 aliphatic heterocycles. The average molecular weight is 343 g/mol. The molecule has 0 heterocycles. The van der Waals surface area contributed by atoms with Gasteiger partial charge in [-0.1, -0.05) is 30.3 Å². The quantitative estimate of drug-likeness (QED) is 0.624. The van der Waals surface area contributed by atoms with E-state index in [-0.39, 0.29) is 18.9 Å². The minimum atomic E-state index is -1.25. The predicted octanol–water partition coefficient (Wildman–Crippen LogP) is 1.83. The average Bonchev–Trinajstić information content (AvgIpc) is 2.62. The van der Waals surface area contributed by atoms with E-state index in [0.717, 1.165) is 10.8 Å². The van der Waals surface area contributed by atoms with Crippen molar-refractivity contribution in [1.29, 1.82) is 0 Å². The Morgan fingerprint density at radius 2 is 1.32 bits per heavy atom. The summed E-state index contributed by atoms with van der Waals surface area (Å²) in [6, 6.07) is 11.9. The molecule has 0 aliphatic carbocycles. The number of hydrogen-bond acceptors (Lipinski definition) is 6. The first-order valence-electron chi connectivity index (χ1n) is 7.70. The second kappa shape index (κ2) is 8.05. The first-order valence-corrected chi connectivity index (χ1v) is 7.70. The van der Waals surface area contributed by atoms with Gasteiger partial charge in [-0.25, -0.2) is 14.5 Å². The van der Waals surface area contributed by atoms with Gasteiger partial charge in [-0.05, 0) is 36.8 Å². The zero-order valence-electron chi connectivity index (χ0n) is 13.9.